The number of hydrogen-bond acceptors (Lipinski definition) is 13. The van der Waals surface area contributed by atoms with Crippen molar-refractivity contribution in [1.29, 1.82) is 0 Å². The fraction of sp³-hybridized carbons (Fsp3) is 0.458. The molecule has 5 aromatic rings. The van der Waals surface area contributed by atoms with Gasteiger partial charge in [0, 0.05) is 74.9 Å². The number of ether oxygens (including phenoxy) is 2. The fourth-order valence-electron chi connectivity index (χ4n) is 12.8. The maximum atomic E-state index is 17.3. The predicted molar refractivity (Wildman–Crippen MR) is 285 cm³/mol. The number of imide groups is 2. The molecular weight excluding hydrogens is 985 g/mol. The largest absolute Gasteiger partial charge is 0.461 e. The molecular formula is C59H63F2N9O7. The third-order valence-corrected chi connectivity index (χ3v) is 16.6. The molecule has 3 aromatic carbocycles. The molecule has 400 valence electrons. The molecule has 6 aliphatic rings. The Bertz CT molecular complexity index is 3300. The second-order valence-electron chi connectivity index (χ2n) is 22.0. The summed E-state index contributed by atoms with van der Waals surface area (Å²) in [6.07, 6.45) is 18.0. The molecule has 2 N–H and O–H groups in total. The zero-order chi connectivity index (χ0) is 53.7. The van der Waals surface area contributed by atoms with E-state index in [0.717, 1.165) is 92.2 Å². The summed E-state index contributed by atoms with van der Waals surface area (Å²) in [4.78, 5) is 85.1. The van der Waals surface area contributed by atoms with Crippen molar-refractivity contribution in [3.63, 3.8) is 0 Å². The van der Waals surface area contributed by atoms with Crippen LogP contribution in [0.15, 0.2) is 60.8 Å². The van der Waals surface area contributed by atoms with Crippen LogP contribution in [0.5, 0.6) is 6.01 Å². The van der Waals surface area contributed by atoms with E-state index in [1.54, 1.807) is 42.4 Å². The van der Waals surface area contributed by atoms with E-state index in [2.05, 4.69) is 37.9 Å². The highest BCUT2D eigenvalue weighted by Gasteiger charge is 2.52. The molecule has 6 aliphatic heterocycles. The van der Waals surface area contributed by atoms with E-state index in [0.29, 0.717) is 65.7 Å². The van der Waals surface area contributed by atoms with Gasteiger partial charge < -0.3 is 24.6 Å². The lowest BCUT2D eigenvalue weighted by atomic mass is 9.94. The van der Waals surface area contributed by atoms with Crippen LogP contribution >= 0.6 is 0 Å². The summed E-state index contributed by atoms with van der Waals surface area (Å²) >= 11 is 0. The smallest absolute Gasteiger partial charge is 0.409 e. The lowest BCUT2D eigenvalue weighted by Crippen LogP contribution is -2.54. The number of rotatable bonds is 17. The molecule has 16 nitrogen and oxygen atoms in total. The Morgan fingerprint density at radius 2 is 1.70 bits per heavy atom. The number of carbonyl (C=O) groups is 5. The highest BCUT2D eigenvalue weighted by atomic mass is 19.1. The van der Waals surface area contributed by atoms with Crippen molar-refractivity contribution in [2.75, 3.05) is 51.3 Å². The second-order valence-corrected chi connectivity index (χ2v) is 22.0. The van der Waals surface area contributed by atoms with Crippen molar-refractivity contribution in [2.45, 2.75) is 127 Å². The first kappa shape index (κ1) is 51.7. The van der Waals surface area contributed by atoms with Crippen LogP contribution in [0.1, 0.15) is 121 Å². The van der Waals surface area contributed by atoms with Crippen LogP contribution in [0.2, 0.25) is 0 Å². The first-order valence-corrected chi connectivity index (χ1v) is 27.0. The van der Waals surface area contributed by atoms with Gasteiger partial charge in [0.15, 0.2) is 5.82 Å². The van der Waals surface area contributed by atoms with Gasteiger partial charge in [-0.25, -0.2) is 13.6 Å². The Morgan fingerprint density at radius 3 is 2.48 bits per heavy atom. The normalized spacial score (nSPS) is 23.0. The van der Waals surface area contributed by atoms with Crippen LogP contribution in [-0.2, 0) is 20.7 Å². The monoisotopic (exact) mass is 1050 g/mol. The summed E-state index contributed by atoms with van der Waals surface area (Å²) in [5, 5.41) is 7.42. The molecule has 3 unspecified atom stereocenters. The lowest BCUT2D eigenvalue weighted by molar-refractivity contribution is -0.136. The average Bonchev–Trinajstić information content (AvgIpc) is 4.22. The molecule has 5 atom stereocenters. The van der Waals surface area contributed by atoms with Crippen molar-refractivity contribution in [1.82, 2.24) is 40.3 Å². The van der Waals surface area contributed by atoms with Gasteiger partial charge in [-0.1, -0.05) is 62.0 Å². The number of piperidine rings is 1. The minimum Gasteiger partial charge on any atom is -0.461 e. The summed E-state index contributed by atoms with van der Waals surface area (Å²) in [7, 11) is 1.76. The van der Waals surface area contributed by atoms with Crippen LogP contribution in [0.3, 0.4) is 0 Å². The number of halogens is 2. The van der Waals surface area contributed by atoms with Gasteiger partial charge in [-0.05, 0) is 105 Å². The number of piperazine rings is 1. The summed E-state index contributed by atoms with van der Waals surface area (Å²) < 4.78 is 45.0. The van der Waals surface area contributed by atoms with Gasteiger partial charge in [-0.15, -0.1) is 6.42 Å². The number of amides is 5. The average molecular weight is 1050 g/mol. The minimum absolute atomic E-state index is 0.00309. The number of terminal acetylenes is 1. The number of nitrogens with zero attached hydrogens (tertiary/aromatic N) is 7. The van der Waals surface area contributed by atoms with Crippen molar-refractivity contribution < 1.29 is 42.2 Å². The predicted octanol–water partition coefficient (Wildman–Crippen LogP) is 7.95. The molecule has 11 rings (SSSR count). The van der Waals surface area contributed by atoms with Crippen molar-refractivity contribution in [2.24, 2.45) is 0 Å². The zero-order valence-electron chi connectivity index (χ0n) is 43.6. The summed E-state index contributed by atoms with van der Waals surface area (Å²) in [5.41, 5.74) is 3.42. The van der Waals surface area contributed by atoms with Crippen LogP contribution in [0.25, 0.3) is 32.9 Å². The number of aryl methyl sites for hydroxylation is 2. The Labute approximate surface area is 445 Å². The van der Waals surface area contributed by atoms with Gasteiger partial charge >= 0.3 is 12.1 Å². The van der Waals surface area contributed by atoms with Crippen LogP contribution in [0, 0.1) is 30.9 Å². The zero-order valence-corrected chi connectivity index (χ0v) is 43.6. The van der Waals surface area contributed by atoms with E-state index in [1.165, 1.54) is 6.07 Å². The highest BCUT2D eigenvalue weighted by molar-refractivity contribution is 6.23. The van der Waals surface area contributed by atoms with Crippen molar-refractivity contribution >= 4 is 57.2 Å². The van der Waals surface area contributed by atoms with E-state index < -0.39 is 46.8 Å². The first-order chi connectivity index (χ1) is 37.2. The van der Waals surface area contributed by atoms with E-state index in [4.69, 9.17) is 25.9 Å². The number of benzene rings is 3. The summed E-state index contributed by atoms with van der Waals surface area (Å²) in [6.45, 7) is 9.22. The van der Waals surface area contributed by atoms with Gasteiger partial charge in [0.05, 0.1) is 27.6 Å². The molecule has 5 saturated heterocycles. The lowest BCUT2D eigenvalue weighted by Gasteiger charge is -2.35. The van der Waals surface area contributed by atoms with Gasteiger partial charge in [0.25, 0.3) is 11.8 Å². The molecule has 2 aromatic heterocycles. The number of unbranched alkanes of at least 4 members (excludes halogenated alkanes) is 5. The molecule has 0 radical (unpaired) electrons. The topological polar surface area (TPSA) is 180 Å². The van der Waals surface area contributed by atoms with Gasteiger partial charge in [-0.3, -0.25) is 39.3 Å². The number of nitrogens with one attached hydrogen (secondary N) is 2. The quantitative estimate of drug-likeness (QED) is 0.0397. The molecule has 2 bridgehead atoms. The van der Waals surface area contributed by atoms with E-state index >= 15 is 8.78 Å². The fourth-order valence-corrected chi connectivity index (χ4v) is 12.8. The van der Waals surface area contributed by atoms with E-state index in [1.807, 2.05) is 19.1 Å². The number of fused-ring (bicyclic) bond motifs is 6. The molecule has 18 heteroatoms. The Morgan fingerprint density at radius 1 is 0.935 bits per heavy atom. The Hall–Kier alpha value is -7.36. The maximum absolute atomic E-state index is 17.3. The van der Waals surface area contributed by atoms with Gasteiger partial charge in [0.2, 0.25) is 11.8 Å². The number of aromatic nitrogens is 3. The molecule has 8 heterocycles. The molecule has 5 fully saturated rings. The third kappa shape index (κ3) is 9.99. The maximum Gasteiger partial charge on any atom is 0.409 e. The van der Waals surface area contributed by atoms with E-state index in [9.17, 15) is 24.0 Å². The molecule has 5 amide bonds. The van der Waals surface area contributed by atoms with Crippen LogP contribution in [-0.4, -0.2) is 136 Å². The SMILES string of the molecule is C#Cc1c(F)ccc2cc(C)cc(-c3ncc4c(N5CC6CCC(C5)N6)nc(OC[C@@]56CC[C@@H](COC(=O)N(C)CCCCCCCCc7ccc8c(c7)C(=O)N(C7CCC(=O)NC7=O)C8=O)N5CC(=C)C6)nc4c3F)c12. The summed E-state index contributed by atoms with van der Waals surface area (Å²) in [6, 6.07) is 11.4. The number of anilines is 1. The standard InChI is InChI=1S/C59H63F2N9O7/c1-5-41-46(60)18-14-37-24-34(2)25-44(49(37)41)51-50(61)52-45(28-62-51)53(68-30-38-15-16-39(31-68)63-38)66-57(65-52)77-33-59-22-21-40(69(59)29-35(3)27-59)32-76-58(75)67(4)23-11-9-7-6-8-10-12-36-13-17-42-43(26-36)56(74)70(55(42)73)47-19-20-48(71)64-54(47)72/h1,13-14,17-18,24-26,28,38-40,47,63H,3,6-12,15-16,19-23,27,29-33H2,2,4H3,(H,64,71,72)/t38?,39?,40-,47?,59-/m0/s1. The molecule has 0 spiro atoms. The summed E-state index contributed by atoms with van der Waals surface area (Å²) in [5.74, 6) is -0.270. The van der Waals surface area contributed by atoms with E-state index in [-0.39, 0.29) is 78.6 Å². The third-order valence-electron chi connectivity index (χ3n) is 16.6. The number of hydrogen-bond donors (Lipinski definition) is 2. The van der Waals surface area contributed by atoms with Crippen LogP contribution < -0.4 is 20.3 Å². The highest BCUT2D eigenvalue weighted by Crippen LogP contribution is 2.45. The van der Waals surface area contributed by atoms with Crippen molar-refractivity contribution in [3.8, 4) is 29.6 Å². The number of pyridine rings is 1. The number of carbonyl (C=O) groups excluding carboxylic acids is 5. The molecule has 0 aliphatic carbocycles. The van der Waals surface area contributed by atoms with Crippen LogP contribution in [0.4, 0.5) is 19.4 Å². The Balaban J connectivity index is 0.683. The molecule has 77 heavy (non-hydrogen) atoms. The van der Waals surface area contributed by atoms with Crippen molar-refractivity contribution in [3.05, 3.63) is 100 Å². The minimum atomic E-state index is -0.986. The van der Waals surface area contributed by atoms with Gasteiger partial charge in [-0.2, -0.15) is 9.97 Å². The van der Waals surface area contributed by atoms with Gasteiger partial charge in [0.1, 0.15) is 42.1 Å². The second kappa shape index (κ2) is 21.2. The Kier molecular flexibility index (Phi) is 14.3. The molecule has 0 saturated carbocycles. The first-order valence-electron chi connectivity index (χ1n) is 27.0.